The fourth-order valence-corrected chi connectivity index (χ4v) is 2.09. The summed E-state index contributed by atoms with van der Waals surface area (Å²) in [5.74, 6) is 0.263. The number of nitrogens with zero attached hydrogens (tertiary/aromatic N) is 2. The number of sulfonamides is 1. The lowest BCUT2D eigenvalue weighted by atomic mass is 10.5. The number of aliphatic hydroxyl groups is 1. The Labute approximate surface area is 88.4 Å². The van der Waals surface area contributed by atoms with Gasteiger partial charge in [0.2, 0.25) is 10.0 Å². The highest BCUT2D eigenvalue weighted by atomic mass is 32.2. The molecule has 0 aromatic carbocycles. The van der Waals surface area contributed by atoms with Crippen LogP contribution < -0.4 is 5.73 Å². The number of rotatable bonds is 4. The summed E-state index contributed by atoms with van der Waals surface area (Å²) in [5.41, 5.74) is 5.35. The Bertz CT molecular complexity index is 415. The number of aliphatic hydroxyl groups excluding tert-OH is 1. The summed E-state index contributed by atoms with van der Waals surface area (Å²) in [4.78, 5) is 3.76. The van der Waals surface area contributed by atoms with Crippen molar-refractivity contribution in [3.63, 3.8) is 0 Å². The van der Waals surface area contributed by atoms with Crippen molar-refractivity contribution in [2.24, 2.45) is 0 Å². The zero-order chi connectivity index (χ0) is 11.5. The number of anilines is 1. The summed E-state index contributed by atoms with van der Waals surface area (Å²) in [7, 11) is -2.17. The Hall–Kier alpha value is -1.18. The van der Waals surface area contributed by atoms with Crippen molar-refractivity contribution < 1.29 is 13.5 Å². The fourth-order valence-electron chi connectivity index (χ4n) is 0.985. The van der Waals surface area contributed by atoms with Gasteiger partial charge in [0, 0.05) is 19.8 Å². The minimum atomic E-state index is -3.56. The molecule has 0 aliphatic heterocycles. The van der Waals surface area contributed by atoms with Gasteiger partial charge in [-0.05, 0) is 12.1 Å². The molecular formula is C8H13N3O3S. The first-order valence-electron chi connectivity index (χ1n) is 4.27. The summed E-state index contributed by atoms with van der Waals surface area (Å²) in [6.07, 6.45) is 1.19. The van der Waals surface area contributed by atoms with Crippen LogP contribution in [0.3, 0.4) is 0 Å². The molecule has 7 heteroatoms. The van der Waals surface area contributed by atoms with E-state index in [0.717, 1.165) is 4.31 Å². The van der Waals surface area contributed by atoms with Crippen molar-refractivity contribution in [2.45, 2.75) is 4.90 Å². The third kappa shape index (κ3) is 2.65. The molecule has 0 amide bonds. The zero-order valence-corrected chi connectivity index (χ0v) is 9.11. The van der Waals surface area contributed by atoms with Crippen LogP contribution in [-0.4, -0.2) is 43.0 Å². The number of nitrogen functional groups attached to an aromatic ring is 1. The van der Waals surface area contributed by atoms with E-state index in [1.165, 1.54) is 25.4 Å². The first-order valence-corrected chi connectivity index (χ1v) is 5.71. The van der Waals surface area contributed by atoms with Gasteiger partial charge < -0.3 is 10.8 Å². The molecule has 0 saturated heterocycles. The number of likely N-dealkylation sites (N-methyl/N-ethyl adjacent to an activating group) is 1. The zero-order valence-electron chi connectivity index (χ0n) is 8.29. The van der Waals surface area contributed by atoms with Gasteiger partial charge >= 0.3 is 0 Å². The van der Waals surface area contributed by atoms with Gasteiger partial charge in [-0.1, -0.05) is 0 Å². The average molecular weight is 231 g/mol. The van der Waals surface area contributed by atoms with Crippen LogP contribution in [0.2, 0.25) is 0 Å². The van der Waals surface area contributed by atoms with Crippen LogP contribution in [0, 0.1) is 0 Å². The summed E-state index contributed by atoms with van der Waals surface area (Å²) in [6, 6.07) is 2.80. The van der Waals surface area contributed by atoms with Gasteiger partial charge in [0.05, 0.1) is 6.61 Å². The predicted octanol–water partition coefficient (Wildman–Crippen LogP) is -0.723. The van der Waals surface area contributed by atoms with E-state index < -0.39 is 10.0 Å². The van der Waals surface area contributed by atoms with Crippen molar-refractivity contribution in [1.29, 1.82) is 0 Å². The van der Waals surface area contributed by atoms with Crippen LogP contribution in [0.1, 0.15) is 0 Å². The molecule has 3 N–H and O–H groups in total. The number of aromatic nitrogens is 1. The molecule has 0 bridgehead atoms. The van der Waals surface area contributed by atoms with E-state index in [4.69, 9.17) is 10.8 Å². The molecule has 0 spiro atoms. The number of pyridine rings is 1. The van der Waals surface area contributed by atoms with E-state index in [1.54, 1.807) is 0 Å². The van der Waals surface area contributed by atoms with Crippen molar-refractivity contribution in [3.8, 4) is 0 Å². The van der Waals surface area contributed by atoms with Crippen LogP contribution in [0.25, 0.3) is 0 Å². The maximum Gasteiger partial charge on any atom is 0.244 e. The van der Waals surface area contributed by atoms with Crippen molar-refractivity contribution >= 4 is 15.8 Å². The van der Waals surface area contributed by atoms with E-state index in [9.17, 15) is 8.42 Å². The molecule has 0 radical (unpaired) electrons. The Morgan fingerprint density at radius 2 is 2.20 bits per heavy atom. The van der Waals surface area contributed by atoms with Gasteiger partial charge in [0.1, 0.15) is 10.7 Å². The van der Waals surface area contributed by atoms with Gasteiger partial charge in [-0.15, -0.1) is 0 Å². The molecule has 0 fully saturated rings. The second kappa shape index (κ2) is 4.56. The van der Waals surface area contributed by atoms with E-state index in [0.29, 0.717) is 0 Å². The molecule has 1 aromatic rings. The first-order chi connectivity index (χ1) is 6.98. The van der Waals surface area contributed by atoms with Crippen molar-refractivity contribution in [2.75, 3.05) is 25.9 Å². The maximum absolute atomic E-state index is 11.8. The smallest absolute Gasteiger partial charge is 0.244 e. The van der Waals surface area contributed by atoms with E-state index in [2.05, 4.69) is 4.98 Å². The standard InChI is InChI=1S/C8H13N3O3S/c1-11(4-5-12)15(13,14)7-2-3-8(9)10-6-7/h2-3,6,12H,4-5H2,1H3,(H2,9,10). The molecule has 0 aliphatic carbocycles. The lowest BCUT2D eigenvalue weighted by Crippen LogP contribution is -2.29. The molecule has 1 rings (SSSR count). The predicted molar refractivity (Wildman–Crippen MR) is 55.6 cm³/mol. The molecule has 1 heterocycles. The van der Waals surface area contributed by atoms with Crippen LogP contribution >= 0.6 is 0 Å². The Morgan fingerprint density at radius 3 is 2.67 bits per heavy atom. The minimum absolute atomic E-state index is 0.0483. The molecule has 0 saturated carbocycles. The Morgan fingerprint density at radius 1 is 1.53 bits per heavy atom. The second-order valence-electron chi connectivity index (χ2n) is 2.97. The topological polar surface area (TPSA) is 96.5 Å². The molecule has 15 heavy (non-hydrogen) atoms. The largest absolute Gasteiger partial charge is 0.395 e. The SMILES string of the molecule is CN(CCO)S(=O)(=O)c1ccc(N)nc1. The Kier molecular flexibility index (Phi) is 3.61. The summed E-state index contributed by atoms with van der Waals surface area (Å²) in [5, 5.41) is 8.65. The van der Waals surface area contributed by atoms with Gasteiger partial charge in [0.25, 0.3) is 0 Å². The summed E-state index contributed by atoms with van der Waals surface area (Å²) < 4.78 is 24.6. The Balaban J connectivity index is 3.01. The normalized spacial score (nSPS) is 11.9. The highest BCUT2D eigenvalue weighted by Gasteiger charge is 2.20. The molecule has 6 nitrogen and oxygen atoms in total. The van der Waals surface area contributed by atoms with Gasteiger partial charge in [-0.25, -0.2) is 13.4 Å². The monoisotopic (exact) mass is 231 g/mol. The average Bonchev–Trinajstić information content (AvgIpc) is 2.18. The molecule has 0 aliphatic rings. The van der Waals surface area contributed by atoms with Gasteiger partial charge in [-0.2, -0.15) is 4.31 Å². The molecule has 1 aromatic heterocycles. The maximum atomic E-state index is 11.8. The van der Waals surface area contributed by atoms with Crippen molar-refractivity contribution in [1.82, 2.24) is 9.29 Å². The molecule has 84 valence electrons. The van der Waals surface area contributed by atoms with E-state index in [-0.39, 0.29) is 23.9 Å². The van der Waals surface area contributed by atoms with E-state index in [1.807, 2.05) is 0 Å². The molecule has 0 atom stereocenters. The molecule has 0 unspecified atom stereocenters. The number of nitrogens with two attached hydrogens (primary N) is 1. The lowest BCUT2D eigenvalue weighted by molar-refractivity contribution is 0.266. The third-order valence-electron chi connectivity index (χ3n) is 1.88. The summed E-state index contributed by atoms with van der Waals surface area (Å²) >= 11 is 0. The van der Waals surface area contributed by atoms with Crippen LogP contribution in [0.5, 0.6) is 0 Å². The van der Waals surface area contributed by atoms with Crippen LogP contribution in [0.4, 0.5) is 5.82 Å². The lowest BCUT2D eigenvalue weighted by Gasteiger charge is -2.15. The third-order valence-corrected chi connectivity index (χ3v) is 3.72. The minimum Gasteiger partial charge on any atom is -0.395 e. The van der Waals surface area contributed by atoms with Gasteiger partial charge in [-0.3, -0.25) is 0 Å². The fraction of sp³-hybridized carbons (Fsp3) is 0.375. The quantitative estimate of drug-likeness (QED) is 0.712. The molecular weight excluding hydrogens is 218 g/mol. The summed E-state index contributed by atoms with van der Waals surface area (Å²) in [6.45, 7) is -0.176. The van der Waals surface area contributed by atoms with Crippen LogP contribution in [0.15, 0.2) is 23.2 Å². The van der Waals surface area contributed by atoms with Crippen LogP contribution in [-0.2, 0) is 10.0 Å². The highest BCUT2D eigenvalue weighted by Crippen LogP contribution is 2.13. The van der Waals surface area contributed by atoms with E-state index >= 15 is 0 Å². The highest BCUT2D eigenvalue weighted by molar-refractivity contribution is 7.89. The van der Waals surface area contributed by atoms with Gasteiger partial charge in [0.15, 0.2) is 0 Å². The second-order valence-corrected chi connectivity index (χ2v) is 5.01. The number of hydrogen-bond donors (Lipinski definition) is 2. The van der Waals surface area contributed by atoms with Crippen molar-refractivity contribution in [3.05, 3.63) is 18.3 Å². The first kappa shape index (κ1) is 11.9. The number of hydrogen-bond acceptors (Lipinski definition) is 5.